The fraction of sp³-hybridized carbons (Fsp3) is 0.462. The maximum absolute atomic E-state index is 13.2. The normalized spacial score (nSPS) is 20.5. The monoisotopic (exact) mass is 436 g/mol. The lowest BCUT2D eigenvalue weighted by Crippen LogP contribution is -2.49. The van der Waals surface area contributed by atoms with Crippen molar-refractivity contribution in [3.05, 3.63) is 53.6 Å². The molecule has 6 nitrogen and oxygen atoms in total. The number of likely N-dealkylation sites (tertiary alicyclic amines) is 1. The standard InChI is InChI=1S/C26H32N2O4/c1-18-6-4-7-19(2)28(18)25(29)17-32-22-11-9-20(10-12-22)26(30)27-15-5-8-21-16-23(31-3)13-14-24(21)27/h9-14,16,18-19H,4-8,15,17H2,1-3H3/t18-,19+. The van der Waals surface area contributed by atoms with Crippen LogP contribution in [0, 0.1) is 0 Å². The van der Waals surface area contributed by atoms with Crippen LogP contribution < -0.4 is 14.4 Å². The Morgan fingerprint density at radius 3 is 2.34 bits per heavy atom. The molecular weight excluding hydrogens is 404 g/mol. The molecule has 2 amide bonds. The number of hydrogen-bond donors (Lipinski definition) is 0. The van der Waals surface area contributed by atoms with Crippen LogP contribution in [0.25, 0.3) is 0 Å². The van der Waals surface area contributed by atoms with Gasteiger partial charge < -0.3 is 19.3 Å². The number of fused-ring (bicyclic) bond motifs is 1. The van der Waals surface area contributed by atoms with Crippen LogP contribution >= 0.6 is 0 Å². The van der Waals surface area contributed by atoms with E-state index in [4.69, 9.17) is 9.47 Å². The summed E-state index contributed by atoms with van der Waals surface area (Å²) in [4.78, 5) is 29.6. The Kier molecular flexibility index (Phi) is 6.68. The first-order valence-corrected chi connectivity index (χ1v) is 11.5. The summed E-state index contributed by atoms with van der Waals surface area (Å²) in [6, 6.07) is 13.4. The first-order valence-electron chi connectivity index (χ1n) is 11.5. The molecule has 2 aliphatic heterocycles. The number of carbonyl (C=O) groups excluding carboxylic acids is 2. The van der Waals surface area contributed by atoms with E-state index in [2.05, 4.69) is 13.8 Å². The van der Waals surface area contributed by atoms with Crippen molar-refractivity contribution in [3.63, 3.8) is 0 Å². The van der Waals surface area contributed by atoms with Crippen molar-refractivity contribution < 1.29 is 19.1 Å². The zero-order valence-corrected chi connectivity index (χ0v) is 19.2. The Bertz CT molecular complexity index is 962. The Morgan fingerprint density at radius 1 is 0.969 bits per heavy atom. The highest BCUT2D eigenvalue weighted by Crippen LogP contribution is 2.31. The molecule has 1 fully saturated rings. The van der Waals surface area contributed by atoms with Crippen molar-refractivity contribution in [1.29, 1.82) is 0 Å². The molecule has 0 spiro atoms. The molecule has 0 N–H and O–H groups in total. The second kappa shape index (κ2) is 9.63. The number of anilines is 1. The van der Waals surface area contributed by atoms with Crippen molar-refractivity contribution in [1.82, 2.24) is 4.90 Å². The van der Waals surface area contributed by atoms with Crippen molar-refractivity contribution in [2.24, 2.45) is 0 Å². The molecule has 2 aliphatic rings. The lowest BCUT2D eigenvalue weighted by Gasteiger charge is -2.38. The minimum absolute atomic E-state index is 0.0172. The number of carbonyl (C=O) groups is 2. The number of nitrogens with zero attached hydrogens (tertiary/aromatic N) is 2. The number of ether oxygens (including phenoxy) is 2. The second-order valence-electron chi connectivity index (χ2n) is 8.80. The van der Waals surface area contributed by atoms with Gasteiger partial charge in [0.25, 0.3) is 11.8 Å². The predicted molar refractivity (Wildman–Crippen MR) is 125 cm³/mol. The van der Waals surface area contributed by atoms with Gasteiger partial charge in [-0.25, -0.2) is 0 Å². The number of rotatable bonds is 5. The summed E-state index contributed by atoms with van der Waals surface area (Å²) in [5, 5.41) is 0. The molecule has 0 saturated carbocycles. The highest BCUT2D eigenvalue weighted by atomic mass is 16.5. The highest BCUT2D eigenvalue weighted by Gasteiger charge is 2.29. The van der Waals surface area contributed by atoms with Crippen molar-refractivity contribution >= 4 is 17.5 Å². The number of amides is 2. The first-order chi connectivity index (χ1) is 15.5. The van der Waals surface area contributed by atoms with Crippen LogP contribution in [0.1, 0.15) is 55.5 Å². The van der Waals surface area contributed by atoms with E-state index in [1.165, 1.54) is 0 Å². The van der Waals surface area contributed by atoms with Crippen LogP contribution in [-0.4, -0.2) is 49.1 Å². The fourth-order valence-corrected chi connectivity index (χ4v) is 4.89. The second-order valence-corrected chi connectivity index (χ2v) is 8.80. The number of methoxy groups -OCH3 is 1. The first kappa shape index (κ1) is 22.2. The van der Waals surface area contributed by atoms with Crippen LogP contribution in [0.2, 0.25) is 0 Å². The molecule has 0 radical (unpaired) electrons. The van der Waals surface area contributed by atoms with E-state index < -0.39 is 0 Å². The quantitative estimate of drug-likeness (QED) is 0.695. The van der Waals surface area contributed by atoms with Crippen molar-refractivity contribution in [2.75, 3.05) is 25.2 Å². The lowest BCUT2D eigenvalue weighted by molar-refractivity contribution is -0.139. The summed E-state index contributed by atoms with van der Waals surface area (Å²) in [6.45, 7) is 4.91. The molecule has 4 rings (SSSR count). The predicted octanol–water partition coefficient (Wildman–Crippen LogP) is 4.46. The Morgan fingerprint density at radius 2 is 1.66 bits per heavy atom. The van der Waals surface area contributed by atoms with Gasteiger partial charge in [0.2, 0.25) is 0 Å². The van der Waals surface area contributed by atoms with Crippen LogP contribution in [0.3, 0.4) is 0 Å². The largest absolute Gasteiger partial charge is 0.497 e. The van der Waals surface area contributed by atoms with Gasteiger partial charge in [-0.15, -0.1) is 0 Å². The Labute approximate surface area is 190 Å². The van der Waals surface area contributed by atoms with Gasteiger partial charge >= 0.3 is 0 Å². The topological polar surface area (TPSA) is 59.1 Å². The van der Waals surface area contributed by atoms with Gasteiger partial charge in [-0.3, -0.25) is 9.59 Å². The minimum atomic E-state index is -0.0327. The van der Waals surface area contributed by atoms with Crippen LogP contribution in [-0.2, 0) is 11.2 Å². The van der Waals surface area contributed by atoms with Gasteiger partial charge in [0.05, 0.1) is 7.11 Å². The van der Waals surface area contributed by atoms with E-state index in [0.717, 1.165) is 49.1 Å². The summed E-state index contributed by atoms with van der Waals surface area (Å²) in [6.07, 6.45) is 5.10. The van der Waals surface area contributed by atoms with E-state index in [9.17, 15) is 9.59 Å². The molecule has 2 heterocycles. The van der Waals surface area contributed by atoms with Gasteiger partial charge in [-0.2, -0.15) is 0 Å². The molecule has 0 bridgehead atoms. The third-order valence-corrected chi connectivity index (χ3v) is 6.60. The van der Waals surface area contributed by atoms with Crippen LogP contribution in [0.4, 0.5) is 5.69 Å². The Hall–Kier alpha value is -3.02. The van der Waals surface area contributed by atoms with Gasteiger partial charge in [-0.1, -0.05) is 0 Å². The SMILES string of the molecule is COc1ccc2c(c1)CCCN2C(=O)c1ccc(OCC(=O)N2[C@H](C)CCC[C@@H]2C)cc1. The average molecular weight is 437 g/mol. The zero-order valence-electron chi connectivity index (χ0n) is 19.2. The van der Waals surface area contributed by atoms with Crippen LogP contribution in [0.15, 0.2) is 42.5 Å². The van der Waals surface area contributed by atoms with Gasteiger partial charge in [0.1, 0.15) is 11.5 Å². The molecule has 6 heteroatoms. The number of hydrogen-bond acceptors (Lipinski definition) is 4. The maximum atomic E-state index is 13.2. The molecular formula is C26H32N2O4. The Balaban J connectivity index is 1.40. The molecule has 2 aromatic carbocycles. The van der Waals surface area contributed by atoms with E-state index in [1.807, 2.05) is 28.0 Å². The van der Waals surface area contributed by atoms with Gasteiger partial charge in [0.15, 0.2) is 6.61 Å². The lowest BCUT2D eigenvalue weighted by atomic mass is 9.97. The van der Waals surface area contributed by atoms with Gasteiger partial charge in [-0.05, 0) is 94.0 Å². The number of aryl methyl sites for hydroxylation is 1. The molecule has 0 unspecified atom stereocenters. The molecule has 0 aromatic heterocycles. The minimum Gasteiger partial charge on any atom is -0.497 e. The molecule has 1 saturated heterocycles. The van der Waals surface area contributed by atoms with E-state index in [1.54, 1.807) is 31.4 Å². The summed E-state index contributed by atoms with van der Waals surface area (Å²) >= 11 is 0. The molecule has 2 atom stereocenters. The summed E-state index contributed by atoms with van der Waals surface area (Å²) in [5.41, 5.74) is 2.67. The third kappa shape index (κ3) is 4.59. The molecule has 0 aliphatic carbocycles. The molecule has 2 aromatic rings. The molecule has 32 heavy (non-hydrogen) atoms. The number of piperidine rings is 1. The van der Waals surface area contributed by atoms with E-state index in [-0.39, 0.29) is 30.5 Å². The summed E-state index contributed by atoms with van der Waals surface area (Å²) < 4.78 is 11.1. The summed E-state index contributed by atoms with van der Waals surface area (Å²) in [5.74, 6) is 1.39. The van der Waals surface area contributed by atoms with E-state index >= 15 is 0 Å². The van der Waals surface area contributed by atoms with E-state index in [0.29, 0.717) is 17.9 Å². The van der Waals surface area contributed by atoms with Crippen molar-refractivity contribution in [3.8, 4) is 11.5 Å². The summed E-state index contributed by atoms with van der Waals surface area (Å²) in [7, 11) is 1.65. The third-order valence-electron chi connectivity index (χ3n) is 6.60. The fourth-order valence-electron chi connectivity index (χ4n) is 4.89. The zero-order chi connectivity index (χ0) is 22.7. The van der Waals surface area contributed by atoms with Gasteiger partial charge in [0, 0.05) is 29.9 Å². The highest BCUT2D eigenvalue weighted by molar-refractivity contribution is 6.06. The molecule has 170 valence electrons. The number of benzene rings is 2. The smallest absolute Gasteiger partial charge is 0.260 e. The van der Waals surface area contributed by atoms with Crippen molar-refractivity contribution in [2.45, 2.75) is 58.0 Å². The maximum Gasteiger partial charge on any atom is 0.260 e. The average Bonchev–Trinajstić information content (AvgIpc) is 2.81. The van der Waals surface area contributed by atoms with Crippen LogP contribution in [0.5, 0.6) is 11.5 Å².